The Morgan fingerprint density at radius 3 is 2.71 bits per heavy atom. The van der Waals surface area contributed by atoms with E-state index in [9.17, 15) is 9.59 Å². The van der Waals surface area contributed by atoms with Gasteiger partial charge in [0, 0.05) is 28.6 Å². The number of hydrogen-bond donors (Lipinski definition) is 1. The zero-order valence-electron chi connectivity index (χ0n) is 15.7. The number of rotatable bonds is 5. The number of aromatic nitrogens is 1. The summed E-state index contributed by atoms with van der Waals surface area (Å²) in [5.74, 6) is 1.81. The van der Waals surface area contributed by atoms with Gasteiger partial charge in [-0.05, 0) is 26.0 Å². The number of nitrogens with one attached hydrogen (secondary N) is 1. The van der Waals surface area contributed by atoms with Crippen LogP contribution in [-0.4, -0.2) is 28.8 Å². The maximum atomic E-state index is 12.4. The van der Waals surface area contributed by atoms with E-state index in [-0.39, 0.29) is 12.2 Å². The van der Waals surface area contributed by atoms with Gasteiger partial charge in [-0.25, -0.2) is 9.59 Å². The van der Waals surface area contributed by atoms with Crippen molar-refractivity contribution in [1.82, 2.24) is 4.57 Å². The normalized spacial score (nSPS) is 14.0. The van der Waals surface area contributed by atoms with Gasteiger partial charge in [-0.15, -0.1) is 11.8 Å². The summed E-state index contributed by atoms with van der Waals surface area (Å²) < 4.78 is 7.41. The molecule has 0 bridgehead atoms. The third-order valence-corrected chi connectivity index (χ3v) is 5.88. The Hall–Kier alpha value is -2.95. The highest BCUT2D eigenvalue weighted by Gasteiger charge is 2.29. The van der Waals surface area contributed by atoms with E-state index in [1.807, 2.05) is 30.2 Å². The van der Waals surface area contributed by atoms with E-state index in [0.717, 1.165) is 23.1 Å². The summed E-state index contributed by atoms with van der Waals surface area (Å²) in [6.07, 6.45) is 0. The fraction of sp³-hybridized carbons (Fsp3) is 0.227. The number of carbonyl (C=O) groups excluding carboxylic acids is 2. The van der Waals surface area contributed by atoms with Crippen LogP contribution in [0.15, 0.2) is 58.6 Å². The third kappa shape index (κ3) is 2.91. The lowest BCUT2D eigenvalue weighted by atomic mass is 10.1. The molecule has 0 spiro atoms. The molecule has 3 aromatic rings. The highest BCUT2D eigenvalue weighted by atomic mass is 32.2. The molecule has 0 fully saturated rings. The molecular weight excluding hydrogens is 372 g/mol. The average molecular weight is 392 g/mol. The maximum absolute atomic E-state index is 12.4. The van der Waals surface area contributed by atoms with Gasteiger partial charge in [-0.2, -0.15) is 0 Å². The first kappa shape index (κ1) is 18.4. The van der Waals surface area contributed by atoms with Gasteiger partial charge in [-0.1, -0.05) is 30.3 Å². The van der Waals surface area contributed by atoms with E-state index < -0.39 is 5.97 Å². The summed E-state index contributed by atoms with van der Waals surface area (Å²) in [7, 11) is 0. The molecule has 2 heterocycles. The van der Waals surface area contributed by atoms with E-state index in [4.69, 9.17) is 4.74 Å². The van der Waals surface area contributed by atoms with Crippen molar-refractivity contribution in [2.75, 3.05) is 17.7 Å². The van der Waals surface area contributed by atoms with Gasteiger partial charge >= 0.3 is 5.97 Å². The number of thioether (sulfide) groups is 1. The van der Waals surface area contributed by atoms with Crippen LogP contribution in [0.4, 0.5) is 5.69 Å². The molecule has 0 radical (unpaired) electrons. The van der Waals surface area contributed by atoms with Crippen LogP contribution in [0.5, 0.6) is 0 Å². The van der Waals surface area contributed by atoms with Crippen LogP contribution in [0.25, 0.3) is 21.8 Å². The molecule has 1 N–H and O–H groups in total. The molecule has 5 nitrogen and oxygen atoms in total. The number of esters is 1. The predicted octanol–water partition coefficient (Wildman–Crippen LogP) is 4.51. The number of fused-ring (bicyclic) bond motifs is 3. The van der Waals surface area contributed by atoms with Crippen LogP contribution >= 0.6 is 11.8 Å². The zero-order chi connectivity index (χ0) is 19.7. The fourth-order valence-corrected chi connectivity index (χ4v) is 4.71. The summed E-state index contributed by atoms with van der Waals surface area (Å²) in [6, 6.07) is 14.4. The van der Waals surface area contributed by atoms with Crippen molar-refractivity contribution >= 4 is 51.2 Å². The van der Waals surface area contributed by atoms with Crippen LogP contribution in [0.3, 0.4) is 0 Å². The Balaban J connectivity index is 1.89. The first-order chi connectivity index (χ1) is 13.7. The van der Waals surface area contributed by atoms with E-state index in [1.54, 1.807) is 6.92 Å². The molecule has 2 aromatic carbocycles. The topological polar surface area (TPSA) is 60.3 Å². The van der Waals surface area contributed by atoms with Gasteiger partial charge in [0.2, 0.25) is 0 Å². The lowest BCUT2D eigenvalue weighted by Crippen LogP contribution is -2.12. The second-order valence-corrected chi connectivity index (χ2v) is 7.37. The number of anilines is 1. The summed E-state index contributed by atoms with van der Waals surface area (Å²) in [4.78, 5) is 23.7. The van der Waals surface area contributed by atoms with Crippen LogP contribution < -0.4 is 5.32 Å². The predicted molar refractivity (Wildman–Crippen MR) is 114 cm³/mol. The largest absolute Gasteiger partial charge is 0.462 e. The Morgan fingerprint density at radius 1 is 1.18 bits per heavy atom. The molecule has 1 aromatic heterocycles. The molecule has 28 heavy (non-hydrogen) atoms. The molecule has 0 aliphatic carbocycles. The SMILES string of the molecule is CCOC(=O)C1=C(Nc2cccc3c4ccccc4n(CC)c23)SCC1=C=O. The Kier molecular flexibility index (Phi) is 4.99. The van der Waals surface area contributed by atoms with Gasteiger partial charge < -0.3 is 14.6 Å². The molecule has 4 rings (SSSR count). The van der Waals surface area contributed by atoms with Crippen molar-refractivity contribution in [3.8, 4) is 0 Å². The highest BCUT2D eigenvalue weighted by Crippen LogP contribution is 2.39. The fourth-order valence-electron chi connectivity index (χ4n) is 3.68. The molecule has 0 saturated carbocycles. The molecular formula is C22H20N2O3S. The van der Waals surface area contributed by atoms with Crippen molar-refractivity contribution in [2.24, 2.45) is 0 Å². The lowest BCUT2D eigenvalue weighted by molar-refractivity contribution is -0.138. The first-order valence-electron chi connectivity index (χ1n) is 9.25. The maximum Gasteiger partial charge on any atom is 0.341 e. The van der Waals surface area contributed by atoms with E-state index in [2.05, 4.69) is 35.0 Å². The highest BCUT2D eigenvalue weighted by molar-refractivity contribution is 8.03. The molecule has 0 atom stereocenters. The number of para-hydroxylation sites is 2. The number of ether oxygens (including phenoxy) is 1. The lowest BCUT2D eigenvalue weighted by Gasteiger charge is -2.13. The molecule has 142 valence electrons. The Morgan fingerprint density at radius 2 is 1.96 bits per heavy atom. The Bertz CT molecular complexity index is 1170. The van der Waals surface area contributed by atoms with Gasteiger partial charge in [0.25, 0.3) is 0 Å². The number of benzene rings is 2. The standard InChI is InChI=1S/C22H20N2O3S/c1-3-24-18-11-6-5-8-15(18)16-9-7-10-17(20(16)24)23-21-19(22(26)27-4-2)14(12-25)13-28-21/h5-11,23H,3-4,13H2,1-2H3. The van der Waals surface area contributed by atoms with E-state index in [1.165, 1.54) is 22.7 Å². The summed E-state index contributed by atoms with van der Waals surface area (Å²) in [6.45, 7) is 4.94. The number of aryl methyl sites for hydroxylation is 1. The van der Waals surface area contributed by atoms with Gasteiger partial charge in [-0.3, -0.25) is 0 Å². The number of carbonyl (C=O) groups is 1. The van der Waals surface area contributed by atoms with Crippen LogP contribution in [-0.2, 0) is 20.9 Å². The average Bonchev–Trinajstić information content (AvgIpc) is 3.27. The van der Waals surface area contributed by atoms with Crippen molar-refractivity contribution in [2.45, 2.75) is 20.4 Å². The van der Waals surface area contributed by atoms with Gasteiger partial charge in [0.15, 0.2) is 0 Å². The summed E-state index contributed by atoms with van der Waals surface area (Å²) in [5, 5.41) is 6.37. The van der Waals surface area contributed by atoms with Crippen LogP contribution in [0.2, 0.25) is 0 Å². The van der Waals surface area contributed by atoms with E-state index >= 15 is 0 Å². The minimum absolute atomic E-state index is 0.256. The minimum atomic E-state index is -0.489. The van der Waals surface area contributed by atoms with Crippen molar-refractivity contribution in [3.63, 3.8) is 0 Å². The first-order valence-corrected chi connectivity index (χ1v) is 10.2. The minimum Gasteiger partial charge on any atom is -0.462 e. The van der Waals surface area contributed by atoms with Gasteiger partial charge in [0.05, 0.1) is 28.4 Å². The second kappa shape index (κ2) is 7.58. The van der Waals surface area contributed by atoms with E-state index in [0.29, 0.717) is 16.4 Å². The zero-order valence-corrected chi connectivity index (χ0v) is 16.6. The molecule has 1 aliphatic heterocycles. The summed E-state index contributed by atoms with van der Waals surface area (Å²) >= 11 is 1.42. The number of nitrogens with zero attached hydrogens (tertiary/aromatic N) is 1. The molecule has 1 aliphatic rings. The smallest absolute Gasteiger partial charge is 0.341 e. The van der Waals surface area contributed by atoms with Crippen LogP contribution in [0, 0.1) is 0 Å². The van der Waals surface area contributed by atoms with Crippen molar-refractivity contribution < 1.29 is 14.3 Å². The summed E-state index contributed by atoms with van der Waals surface area (Å²) in [5.41, 5.74) is 3.77. The Labute approximate surface area is 167 Å². The van der Waals surface area contributed by atoms with Gasteiger partial charge in [0.1, 0.15) is 11.5 Å². The second-order valence-electron chi connectivity index (χ2n) is 6.38. The van der Waals surface area contributed by atoms with Crippen molar-refractivity contribution in [1.29, 1.82) is 0 Å². The third-order valence-electron chi connectivity index (χ3n) is 4.85. The van der Waals surface area contributed by atoms with Crippen LogP contribution in [0.1, 0.15) is 13.8 Å². The van der Waals surface area contributed by atoms with Crippen molar-refractivity contribution in [3.05, 3.63) is 58.6 Å². The number of hydrogen-bond acceptors (Lipinski definition) is 5. The molecule has 0 amide bonds. The monoisotopic (exact) mass is 392 g/mol. The molecule has 6 heteroatoms. The molecule has 0 unspecified atom stereocenters. The quantitative estimate of drug-likeness (QED) is 0.511. The molecule has 0 saturated heterocycles.